The molecule has 1 aromatic heterocycles. The van der Waals surface area contributed by atoms with Gasteiger partial charge in [-0.05, 0) is 18.6 Å². The Morgan fingerprint density at radius 1 is 1.47 bits per heavy atom. The first kappa shape index (κ1) is 11.9. The summed E-state index contributed by atoms with van der Waals surface area (Å²) in [6.45, 7) is 2.14. The molecular weight excluding hydrogens is 216 g/mol. The van der Waals surface area contributed by atoms with Gasteiger partial charge in [-0.1, -0.05) is 19.8 Å². The molecule has 17 heavy (non-hydrogen) atoms. The van der Waals surface area contributed by atoms with E-state index in [0.29, 0.717) is 5.89 Å². The molecule has 2 aromatic rings. The van der Waals surface area contributed by atoms with Gasteiger partial charge in [0.05, 0.1) is 13.2 Å². The fraction of sp³-hybridized carbons (Fsp3) is 0.462. The number of nitrogens with two attached hydrogens (primary N) is 1. The number of methoxy groups -OCH3 is 1. The highest BCUT2D eigenvalue weighted by Crippen LogP contribution is 2.25. The number of ether oxygens (including phenoxy) is 1. The largest absolute Gasteiger partial charge is 0.497 e. The Kier molecular flexibility index (Phi) is 3.64. The SMILES string of the molecule is CCCCC(N)c1nc2cc(OC)ccc2o1. The first-order valence-corrected chi connectivity index (χ1v) is 5.94. The quantitative estimate of drug-likeness (QED) is 0.863. The third-order valence-electron chi connectivity index (χ3n) is 2.80. The van der Waals surface area contributed by atoms with Crippen LogP contribution < -0.4 is 10.5 Å². The molecule has 4 nitrogen and oxygen atoms in total. The summed E-state index contributed by atoms with van der Waals surface area (Å²) in [4.78, 5) is 4.40. The molecule has 0 spiro atoms. The van der Waals surface area contributed by atoms with Crippen molar-refractivity contribution in [2.75, 3.05) is 7.11 Å². The van der Waals surface area contributed by atoms with E-state index >= 15 is 0 Å². The number of aromatic nitrogens is 1. The molecule has 0 bridgehead atoms. The van der Waals surface area contributed by atoms with Crippen molar-refractivity contribution in [3.63, 3.8) is 0 Å². The van der Waals surface area contributed by atoms with Gasteiger partial charge in [0.25, 0.3) is 0 Å². The lowest BCUT2D eigenvalue weighted by atomic mass is 10.1. The van der Waals surface area contributed by atoms with Crippen molar-refractivity contribution in [3.05, 3.63) is 24.1 Å². The second-order valence-corrected chi connectivity index (χ2v) is 4.13. The maximum absolute atomic E-state index is 6.03. The normalized spacial score (nSPS) is 12.9. The van der Waals surface area contributed by atoms with Gasteiger partial charge in [0.15, 0.2) is 5.58 Å². The monoisotopic (exact) mass is 234 g/mol. The molecule has 0 saturated heterocycles. The number of unbranched alkanes of at least 4 members (excludes halogenated alkanes) is 1. The molecule has 0 radical (unpaired) electrons. The zero-order chi connectivity index (χ0) is 12.3. The summed E-state index contributed by atoms with van der Waals surface area (Å²) < 4.78 is 10.8. The summed E-state index contributed by atoms with van der Waals surface area (Å²) >= 11 is 0. The number of rotatable bonds is 5. The van der Waals surface area contributed by atoms with Crippen LogP contribution in [0.25, 0.3) is 11.1 Å². The van der Waals surface area contributed by atoms with Gasteiger partial charge in [0.2, 0.25) is 5.89 Å². The number of benzene rings is 1. The number of hydrogen-bond donors (Lipinski definition) is 1. The second-order valence-electron chi connectivity index (χ2n) is 4.13. The van der Waals surface area contributed by atoms with E-state index in [2.05, 4.69) is 11.9 Å². The van der Waals surface area contributed by atoms with E-state index in [-0.39, 0.29) is 6.04 Å². The minimum Gasteiger partial charge on any atom is -0.497 e. The molecule has 0 aliphatic heterocycles. The van der Waals surface area contributed by atoms with Crippen molar-refractivity contribution in [3.8, 4) is 5.75 Å². The molecule has 2 N–H and O–H groups in total. The van der Waals surface area contributed by atoms with Gasteiger partial charge < -0.3 is 14.9 Å². The van der Waals surface area contributed by atoms with Crippen molar-refractivity contribution >= 4 is 11.1 Å². The summed E-state index contributed by atoms with van der Waals surface area (Å²) in [7, 11) is 1.63. The highest BCUT2D eigenvalue weighted by Gasteiger charge is 2.13. The molecule has 0 aliphatic carbocycles. The Bertz CT molecular complexity index is 493. The van der Waals surface area contributed by atoms with Crippen molar-refractivity contribution in [1.29, 1.82) is 0 Å². The molecule has 0 aliphatic rings. The molecule has 0 amide bonds. The predicted octanol–water partition coefficient (Wildman–Crippen LogP) is 3.03. The minimum atomic E-state index is -0.117. The van der Waals surface area contributed by atoms with Crippen molar-refractivity contribution < 1.29 is 9.15 Å². The summed E-state index contributed by atoms with van der Waals surface area (Å²) in [6.07, 6.45) is 3.12. The van der Waals surface area contributed by atoms with Crippen LogP contribution in [0.4, 0.5) is 0 Å². The fourth-order valence-electron chi connectivity index (χ4n) is 1.76. The van der Waals surface area contributed by atoms with Crippen molar-refractivity contribution in [2.45, 2.75) is 32.2 Å². The first-order chi connectivity index (χ1) is 8.24. The van der Waals surface area contributed by atoms with E-state index in [0.717, 1.165) is 36.1 Å². The highest BCUT2D eigenvalue weighted by atomic mass is 16.5. The average Bonchev–Trinajstić information content (AvgIpc) is 2.78. The maximum atomic E-state index is 6.03. The van der Waals surface area contributed by atoms with Crippen LogP contribution in [0.2, 0.25) is 0 Å². The van der Waals surface area contributed by atoms with E-state index < -0.39 is 0 Å². The Hall–Kier alpha value is -1.55. The van der Waals surface area contributed by atoms with Crippen molar-refractivity contribution in [1.82, 2.24) is 4.98 Å². The molecule has 1 aromatic carbocycles. The van der Waals surface area contributed by atoms with Crippen LogP contribution in [-0.4, -0.2) is 12.1 Å². The Labute approximate surface area is 101 Å². The molecule has 0 saturated carbocycles. The lowest BCUT2D eigenvalue weighted by molar-refractivity contribution is 0.415. The van der Waals surface area contributed by atoms with Gasteiger partial charge in [-0.2, -0.15) is 0 Å². The first-order valence-electron chi connectivity index (χ1n) is 5.94. The topological polar surface area (TPSA) is 61.3 Å². The summed E-state index contributed by atoms with van der Waals surface area (Å²) in [5.74, 6) is 1.39. The van der Waals surface area contributed by atoms with Gasteiger partial charge in [-0.25, -0.2) is 4.98 Å². The summed E-state index contributed by atoms with van der Waals surface area (Å²) in [6, 6.07) is 5.45. The van der Waals surface area contributed by atoms with Crippen LogP contribution in [0.1, 0.15) is 38.1 Å². The molecule has 0 fully saturated rings. The predicted molar refractivity (Wildman–Crippen MR) is 67.0 cm³/mol. The van der Waals surface area contributed by atoms with E-state index in [1.807, 2.05) is 18.2 Å². The minimum absolute atomic E-state index is 0.117. The third kappa shape index (κ3) is 2.58. The Morgan fingerprint density at radius 2 is 2.29 bits per heavy atom. The van der Waals surface area contributed by atoms with Crippen LogP contribution >= 0.6 is 0 Å². The van der Waals surface area contributed by atoms with Crippen LogP contribution in [0.15, 0.2) is 22.6 Å². The molecule has 1 unspecified atom stereocenters. The zero-order valence-corrected chi connectivity index (χ0v) is 10.3. The van der Waals surface area contributed by atoms with Crippen molar-refractivity contribution in [2.24, 2.45) is 5.73 Å². The number of nitrogens with zero attached hydrogens (tertiary/aromatic N) is 1. The Morgan fingerprint density at radius 3 is 3.00 bits per heavy atom. The van der Waals surface area contributed by atoms with E-state index in [1.165, 1.54) is 0 Å². The van der Waals surface area contributed by atoms with Gasteiger partial charge in [-0.3, -0.25) is 0 Å². The third-order valence-corrected chi connectivity index (χ3v) is 2.80. The zero-order valence-electron chi connectivity index (χ0n) is 10.3. The van der Waals surface area contributed by atoms with Crippen LogP contribution in [0, 0.1) is 0 Å². The summed E-state index contributed by atoms with van der Waals surface area (Å²) in [5.41, 5.74) is 7.58. The lowest BCUT2D eigenvalue weighted by Gasteiger charge is -2.04. The molecule has 2 rings (SSSR count). The second kappa shape index (κ2) is 5.19. The van der Waals surface area contributed by atoms with Gasteiger partial charge in [0.1, 0.15) is 11.3 Å². The standard InChI is InChI=1S/C13H18N2O2/c1-3-4-5-10(14)13-15-11-8-9(16-2)6-7-12(11)17-13/h6-8,10H,3-5,14H2,1-2H3. The van der Waals surface area contributed by atoms with Gasteiger partial charge in [-0.15, -0.1) is 0 Å². The Balaban J connectivity index is 2.24. The number of fused-ring (bicyclic) bond motifs is 1. The fourth-order valence-corrected chi connectivity index (χ4v) is 1.76. The molecule has 1 atom stereocenters. The van der Waals surface area contributed by atoms with E-state index in [1.54, 1.807) is 7.11 Å². The van der Waals surface area contributed by atoms with Gasteiger partial charge in [0, 0.05) is 6.07 Å². The number of hydrogen-bond acceptors (Lipinski definition) is 4. The lowest BCUT2D eigenvalue weighted by Crippen LogP contribution is -2.10. The van der Waals surface area contributed by atoms with Crippen LogP contribution in [0.5, 0.6) is 5.75 Å². The average molecular weight is 234 g/mol. The molecule has 4 heteroatoms. The molecule has 1 heterocycles. The number of oxazole rings is 1. The smallest absolute Gasteiger partial charge is 0.212 e. The van der Waals surface area contributed by atoms with Crippen LogP contribution in [-0.2, 0) is 0 Å². The van der Waals surface area contributed by atoms with Gasteiger partial charge >= 0.3 is 0 Å². The highest BCUT2D eigenvalue weighted by molar-refractivity contribution is 5.74. The van der Waals surface area contributed by atoms with E-state index in [4.69, 9.17) is 14.9 Å². The summed E-state index contributed by atoms with van der Waals surface area (Å²) in [5, 5.41) is 0. The maximum Gasteiger partial charge on any atom is 0.212 e. The van der Waals surface area contributed by atoms with E-state index in [9.17, 15) is 0 Å². The molecule has 92 valence electrons. The molecular formula is C13H18N2O2. The van der Waals surface area contributed by atoms with Crippen LogP contribution in [0.3, 0.4) is 0 Å².